The average molecular weight is 448 g/mol. The van der Waals surface area contributed by atoms with Crippen molar-refractivity contribution >= 4 is 0 Å². The van der Waals surface area contributed by atoms with Crippen molar-refractivity contribution in [2.75, 3.05) is 26.9 Å². The van der Waals surface area contributed by atoms with E-state index in [0.717, 1.165) is 19.6 Å². The summed E-state index contributed by atoms with van der Waals surface area (Å²) in [6.45, 7) is 4.70. The van der Waals surface area contributed by atoms with E-state index in [2.05, 4.69) is 43.1 Å². The van der Waals surface area contributed by atoms with Crippen LogP contribution in [-0.4, -0.2) is 42.9 Å². The molecule has 0 saturated carbocycles. The molecule has 0 aliphatic heterocycles. The number of hydrogen-bond acceptors (Lipinski definition) is 3. The zero-order valence-electron chi connectivity index (χ0n) is 21.4. The highest BCUT2D eigenvalue weighted by molar-refractivity contribution is 5.14. The zero-order valence-corrected chi connectivity index (χ0v) is 21.4. The number of benzene rings is 1. The predicted octanol–water partition coefficient (Wildman–Crippen LogP) is 7.76. The van der Waals surface area contributed by atoms with Gasteiger partial charge < -0.3 is 9.84 Å². The van der Waals surface area contributed by atoms with Gasteiger partial charge in [0.05, 0.1) is 19.3 Å². The fourth-order valence-electron chi connectivity index (χ4n) is 4.29. The van der Waals surface area contributed by atoms with E-state index in [4.69, 9.17) is 4.74 Å². The van der Waals surface area contributed by atoms with Crippen molar-refractivity contribution in [1.29, 1.82) is 0 Å². The van der Waals surface area contributed by atoms with Crippen molar-refractivity contribution in [3.8, 4) is 0 Å². The number of rotatable bonds is 23. The van der Waals surface area contributed by atoms with Gasteiger partial charge in [-0.05, 0) is 19.0 Å². The summed E-state index contributed by atoms with van der Waals surface area (Å²) >= 11 is 0. The summed E-state index contributed by atoms with van der Waals surface area (Å²) in [4.78, 5) is 2.18. The maximum atomic E-state index is 9.70. The topological polar surface area (TPSA) is 32.7 Å². The minimum Gasteiger partial charge on any atom is -0.395 e. The summed E-state index contributed by atoms with van der Waals surface area (Å²) in [6.07, 6.45) is 22.3. The van der Waals surface area contributed by atoms with Crippen LogP contribution in [0.3, 0.4) is 0 Å². The summed E-state index contributed by atoms with van der Waals surface area (Å²) < 4.78 is 5.86. The van der Waals surface area contributed by atoms with Crippen molar-refractivity contribution in [3.63, 3.8) is 0 Å². The standard InChI is InChI=1S/C29H53NO2/c1-3-4-5-6-7-8-9-10-11-12-13-14-15-16-17-21-24-32-27-29(26-31)30(2)25-28-22-19-18-20-23-28/h18-20,22-23,29,31H,3-17,21,24-27H2,1-2H3. The van der Waals surface area contributed by atoms with Gasteiger partial charge in [-0.25, -0.2) is 0 Å². The quantitative estimate of drug-likeness (QED) is 0.174. The van der Waals surface area contributed by atoms with Crippen LogP contribution >= 0.6 is 0 Å². The molecule has 0 spiro atoms. The number of likely N-dealkylation sites (N-methyl/N-ethyl adjacent to an activating group) is 1. The molecule has 1 aromatic rings. The van der Waals surface area contributed by atoms with Crippen molar-refractivity contribution in [2.45, 2.75) is 122 Å². The molecular weight excluding hydrogens is 394 g/mol. The van der Waals surface area contributed by atoms with E-state index in [1.807, 2.05) is 6.07 Å². The van der Waals surface area contributed by atoms with Gasteiger partial charge in [-0.1, -0.05) is 134 Å². The van der Waals surface area contributed by atoms with Gasteiger partial charge >= 0.3 is 0 Å². The molecule has 3 nitrogen and oxygen atoms in total. The van der Waals surface area contributed by atoms with E-state index in [1.165, 1.54) is 102 Å². The second kappa shape index (κ2) is 21.9. The predicted molar refractivity (Wildman–Crippen MR) is 139 cm³/mol. The monoisotopic (exact) mass is 447 g/mol. The first kappa shape index (κ1) is 29.1. The highest BCUT2D eigenvalue weighted by Gasteiger charge is 2.14. The van der Waals surface area contributed by atoms with Gasteiger partial charge in [-0.3, -0.25) is 4.90 Å². The van der Waals surface area contributed by atoms with Crippen molar-refractivity contribution in [2.24, 2.45) is 0 Å². The SMILES string of the molecule is CCCCCCCCCCCCCCCCCCOCC(CO)N(C)Cc1ccccc1. The Kier molecular flexibility index (Phi) is 20.0. The minimum absolute atomic E-state index is 0.0660. The first-order valence-corrected chi connectivity index (χ1v) is 13.7. The van der Waals surface area contributed by atoms with Crippen molar-refractivity contribution in [1.82, 2.24) is 4.90 Å². The van der Waals surface area contributed by atoms with Crippen LogP contribution in [0.25, 0.3) is 0 Å². The number of unbranched alkanes of at least 4 members (excludes halogenated alkanes) is 15. The highest BCUT2D eigenvalue weighted by atomic mass is 16.5. The van der Waals surface area contributed by atoms with Crippen LogP contribution in [0.4, 0.5) is 0 Å². The van der Waals surface area contributed by atoms with Crippen LogP contribution in [0.15, 0.2) is 30.3 Å². The van der Waals surface area contributed by atoms with E-state index < -0.39 is 0 Å². The fraction of sp³-hybridized carbons (Fsp3) is 0.793. The number of hydrogen-bond donors (Lipinski definition) is 1. The number of ether oxygens (including phenoxy) is 1. The molecule has 0 bridgehead atoms. The molecule has 0 amide bonds. The Balaban J connectivity index is 1.84. The Morgan fingerprint density at radius 1 is 0.719 bits per heavy atom. The van der Waals surface area contributed by atoms with Gasteiger partial charge in [-0.2, -0.15) is 0 Å². The molecule has 32 heavy (non-hydrogen) atoms. The Morgan fingerprint density at radius 3 is 1.66 bits per heavy atom. The first-order chi connectivity index (χ1) is 15.8. The Morgan fingerprint density at radius 2 is 1.19 bits per heavy atom. The average Bonchev–Trinajstić information content (AvgIpc) is 2.81. The van der Waals surface area contributed by atoms with Crippen LogP contribution in [0.2, 0.25) is 0 Å². The Labute approximate surface area is 199 Å². The third-order valence-corrected chi connectivity index (χ3v) is 6.56. The lowest BCUT2D eigenvalue weighted by atomic mass is 10.0. The molecule has 3 heteroatoms. The molecule has 1 atom stereocenters. The normalized spacial score (nSPS) is 12.5. The van der Waals surface area contributed by atoms with Gasteiger partial charge in [-0.15, -0.1) is 0 Å². The molecule has 1 rings (SSSR count). The van der Waals surface area contributed by atoms with Crippen molar-refractivity contribution < 1.29 is 9.84 Å². The van der Waals surface area contributed by atoms with Crippen molar-refractivity contribution in [3.05, 3.63) is 35.9 Å². The molecule has 0 heterocycles. The van der Waals surface area contributed by atoms with Crippen LogP contribution in [-0.2, 0) is 11.3 Å². The summed E-state index contributed by atoms with van der Waals surface area (Å²) in [5, 5.41) is 9.70. The molecule has 0 fully saturated rings. The number of nitrogens with zero attached hydrogens (tertiary/aromatic N) is 1. The molecule has 1 aromatic carbocycles. The molecule has 186 valence electrons. The molecule has 0 radical (unpaired) electrons. The molecule has 0 aromatic heterocycles. The Hall–Kier alpha value is -0.900. The summed E-state index contributed by atoms with van der Waals surface area (Å²) in [6, 6.07) is 10.5. The minimum atomic E-state index is 0.0660. The zero-order chi connectivity index (χ0) is 23.1. The first-order valence-electron chi connectivity index (χ1n) is 13.7. The lowest BCUT2D eigenvalue weighted by molar-refractivity contribution is 0.0374. The molecule has 1 N–H and O–H groups in total. The molecule has 0 aliphatic rings. The van der Waals surface area contributed by atoms with Gasteiger partial charge in [0.1, 0.15) is 0 Å². The molecule has 0 aliphatic carbocycles. The van der Waals surface area contributed by atoms with Gasteiger partial charge in [0.2, 0.25) is 0 Å². The van der Waals surface area contributed by atoms with E-state index in [9.17, 15) is 5.11 Å². The second-order valence-electron chi connectivity index (χ2n) is 9.62. The smallest absolute Gasteiger partial charge is 0.0644 e. The van der Waals surface area contributed by atoms with Gasteiger partial charge in [0.15, 0.2) is 0 Å². The Bertz CT molecular complexity index is 493. The third-order valence-electron chi connectivity index (χ3n) is 6.56. The second-order valence-corrected chi connectivity index (χ2v) is 9.62. The molecular formula is C29H53NO2. The van der Waals surface area contributed by atoms with Gasteiger partial charge in [0.25, 0.3) is 0 Å². The van der Waals surface area contributed by atoms with E-state index >= 15 is 0 Å². The largest absolute Gasteiger partial charge is 0.395 e. The maximum absolute atomic E-state index is 9.70. The maximum Gasteiger partial charge on any atom is 0.0644 e. The lowest BCUT2D eigenvalue weighted by Gasteiger charge is -2.26. The van der Waals surface area contributed by atoms with Crippen LogP contribution < -0.4 is 0 Å². The third kappa shape index (κ3) is 16.7. The van der Waals surface area contributed by atoms with E-state index in [-0.39, 0.29) is 12.6 Å². The summed E-state index contributed by atoms with van der Waals surface area (Å²) in [7, 11) is 2.06. The highest BCUT2D eigenvalue weighted by Crippen LogP contribution is 2.14. The van der Waals surface area contributed by atoms with Crippen LogP contribution in [0.1, 0.15) is 115 Å². The number of aliphatic hydroxyl groups excluding tert-OH is 1. The molecule has 0 saturated heterocycles. The van der Waals surface area contributed by atoms with Crippen LogP contribution in [0, 0.1) is 0 Å². The van der Waals surface area contributed by atoms with Gasteiger partial charge in [0, 0.05) is 13.2 Å². The molecule has 1 unspecified atom stereocenters. The van der Waals surface area contributed by atoms with E-state index in [0.29, 0.717) is 6.61 Å². The summed E-state index contributed by atoms with van der Waals surface area (Å²) in [5.74, 6) is 0. The fourth-order valence-corrected chi connectivity index (χ4v) is 4.29. The van der Waals surface area contributed by atoms with E-state index in [1.54, 1.807) is 0 Å². The summed E-state index contributed by atoms with van der Waals surface area (Å²) in [5.41, 5.74) is 1.27. The lowest BCUT2D eigenvalue weighted by Crippen LogP contribution is -2.38. The van der Waals surface area contributed by atoms with Crippen LogP contribution in [0.5, 0.6) is 0 Å². The number of aliphatic hydroxyl groups is 1.